The van der Waals surface area contributed by atoms with Crippen LogP contribution in [0.1, 0.15) is 36.8 Å². The number of likely N-dealkylation sites (N-methyl/N-ethyl adjacent to an activating group) is 1. The predicted octanol–water partition coefficient (Wildman–Crippen LogP) is 4.01. The average molecular weight is 663 g/mol. The van der Waals surface area contributed by atoms with Gasteiger partial charge in [0.25, 0.3) is 5.91 Å². The molecule has 4 amide bonds. The van der Waals surface area contributed by atoms with Crippen molar-refractivity contribution >= 4 is 46.2 Å². The van der Waals surface area contributed by atoms with Crippen molar-refractivity contribution in [3.63, 3.8) is 0 Å². The monoisotopic (exact) mass is 662 g/mol. The van der Waals surface area contributed by atoms with Gasteiger partial charge in [-0.2, -0.15) is 5.10 Å². The first-order valence-electron chi connectivity index (χ1n) is 16.8. The molecule has 0 unspecified atom stereocenters. The highest BCUT2D eigenvalue weighted by molar-refractivity contribution is 6.35. The number of fused-ring (bicyclic) bond motifs is 2. The van der Waals surface area contributed by atoms with E-state index in [9.17, 15) is 14.4 Å². The maximum atomic E-state index is 14.0. The molecular weight excluding hydrogens is 620 g/mol. The van der Waals surface area contributed by atoms with Crippen molar-refractivity contribution in [2.75, 3.05) is 64.7 Å². The molecule has 0 aliphatic carbocycles. The van der Waals surface area contributed by atoms with Crippen LogP contribution in [0, 0.1) is 0 Å². The van der Waals surface area contributed by atoms with E-state index in [1.54, 1.807) is 11.1 Å². The van der Waals surface area contributed by atoms with E-state index in [2.05, 4.69) is 32.4 Å². The van der Waals surface area contributed by atoms with E-state index in [4.69, 9.17) is 16.3 Å². The van der Waals surface area contributed by atoms with Crippen LogP contribution in [0.5, 0.6) is 0 Å². The van der Waals surface area contributed by atoms with Crippen LogP contribution in [0.3, 0.4) is 0 Å². The summed E-state index contributed by atoms with van der Waals surface area (Å²) in [6.07, 6.45) is 3.51. The first-order chi connectivity index (χ1) is 22.8. The first-order valence-corrected chi connectivity index (χ1v) is 17.1. The second-order valence-corrected chi connectivity index (χ2v) is 13.7. The summed E-state index contributed by atoms with van der Waals surface area (Å²) < 4.78 is 6.07. The third-order valence-electron chi connectivity index (χ3n) is 10.4. The third-order valence-corrected chi connectivity index (χ3v) is 10.7. The number of amides is 4. The highest BCUT2D eigenvalue weighted by Gasteiger charge is 2.37. The van der Waals surface area contributed by atoms with Crippen LogP contribution in [0.2, 0.25) is 5.02 Å². The van der Waals surface area contributed by atoms with Crippen LogP contribution in [0.4, 0.5) is 15.3 Å². The van der Waals surface area contributed by atoms with Crippen molar-refractivity contribution in [3.05, 3.63) is 58.7 Å². The maximum absolute atomic E-state index is 14.0. The highest BCUT2D eigenvalue weighted by Crippen LogP contribution is 2.29. The molecule has 4 aliphatic rings. The zero-order chi connectivity index (χ0) is 32.5. The average Bonchev–Trinajstić information content (AvgIpc) is 3.57. The van der Waals surface area contributed by atoms with Crippen LogP contribution in [-0.2, 0) is 22.5 Å². The second kappa shape index (κ2) is 13.7. The number of piperidine rings is 2. The van der Waals surface area contributed by atoms with E-state index < -0.39 is 12.2 Å². The Balaban J connectivity index is 1.00. The van der Waals surface area contributed by atoms with E-state index in [1.807, 2.05) is 46.2 Å². The van der Waals surface area contributed by atoms with Crippen molar-refractivity contribution in [2.45, 2.75) is 56.8 Å². The summed E-state index contributed by atoms with van der Waals surface area (Å²) in [4.78, 5) is 50.8. The SMILES string of the molecule is CN1CCN(C2CCN(C(=O)[C@@H](Cc3cc(Cl)c4[nH]ncc4c3)OC(=O)N3CCC(N4Cc5ccccc5NC4=O)CC3)CC2)CC1. The first kappa shape index (κ1) is 31.7. The number of ether oxygens (including phenoxy) is 1. The van der Waals surface area contributed by atoms with E-state index in [1.165, 1.54) is 0 Å². The van der Waals surface area contributed by atoms with Gasteiger partial charge in [-0.15, -0.1) is 0 Å². The van der Waals surface area contributed by atoms with Crippen molar-refractivity contribution in [1.29, 1.82) is 0 Å². The quantitative estimate of drug-likeness (QED) is 0.410. The minimum absolute atomic E-state index is 0.00950. The maximum Gasteiger partial charge on any atom is 0.410 e. The number of aromatic nitrogens is 2. The van der Waals surface area contributed by atoms with Gasteiger partial charge in [-0.1, -0.05) is 29.8 Å². The number of nitrogens with zero attached hydrogens (tertiary/aromatic N) is 6. The summed E-state index contributed by atoms with van der Waals surface area (Å²) >= 11 is 6.53. The van der Waals surface area contributed by atoms with Gasteiger partial charge in [-0.25, -0.2) is 9.59 Å². The summed E-state index contributed by atoms with van der Waals surface area (Å²) in [5.41, 5.74) is 3.46. The lowest BCUT2D eigenvalue weighted by atomic mass is 10.00. The number of nitrogens with one attached hydrogen (secondary N) is 2. The molecular formula is C34H43ClN8O4. The van der Waals surface area contributed by atoms with Crippen molar-refractivity contribution in [3.8, 4) is 0 Å². The molecule has 7 rings (SSSR count). The number of H-pyrrole nitrogens is 1. The lowest BCUT2D eigenvalue weighted by molar-refractivity contribution is -0.142. The van der Waals surface area contributed by atoms with E-state index in [0.717, 1.165) is 66.7 Å². The Bertz CT molecular complexity index is 1610. The van der Waals surface area contributed by atoms with E-state index >= 15 is 0 Å². The Morgan fingerprint density at radius 3 is 2.43 bits per heavy atom. The third kappa shape index (κ3) is 6.90. The molecule has 5 heterocycles. The van der Waals surface area contributed by atoms with Gasteiger partial charge >= 0.3 is 12.1 Å². The summed E-state index contributed by atoms with van der Waals surface area (Å²) in [6.45, 7) is 6.95. The number of piperazine rings is 1. The van der Waals surface area contributed by atoms with Gasteiger partial charge in [0.05, 0.1) is 16.7 Å². The molecule has 3 fully saturated rings. The number of benzene rings is 2. The zero-order valence-corrected chi connectivity index (χ0v) is 27.6. The molecule has 4 aliphatic heterocycles. The van der Waals surface area contributed by atoms with Gasteiger partial charge in [0.1, 0.15) is 0 Å². The fraction of sp³-hybridized carbons (Fsp3) is 0.529. The Kier molecular flexibility index (Phi) is 9.24. The van der Waals surface area contributed by atoms with Crippen molar-refractivity contribution < 1.29 is 19.1 Å². The van der Waals surface area contributed by atoms with Gasteiger partial charge in [0, 0.05) is 88.5 Å². The number of carbonyl (C=O) groups is 3. The topological polar surface area (TPSA) is 117 Å². The number of carbonyl (C=O) groups excluding carboxylic acids is 3. The van der Waals surface area contributed by atoms with Crippen molar-refractivity contribution in [2.24, 2.45) is 0 Å². The van der Waals surface area contributed by atoms with Crippen LogP contribution in [-0.4, -0.2) is 130 Å². The molecule has 2 N–H and O–H groups in total. The summed E-state index contributed by atoms with van der Waals surface area (Å²) in [6, 6.07) is 11.9. The number of rotatable bonds is 6. The van der Waals surface area contributed by atoms with Crippen LogP contribution < -0.4 is 5.32 Å². The number of hydrogen-bond donors (Lipinski definition) is 2. The fourth-order valence-electron chi connectivity index (χ4n) is 7.50. The Morgan fingerprint density at radius 2 is 1.66 bits per heavy atom. The Labute approximate surface area is 279 Å². The van der Waals surface area contributed by atoms with Gasteiger partial charge in [0.15, 0.2) is 6.10 Å². The standard InChI is InChI=1S/C34H43ClN8O4/c1-39-14-16-40(17-15-39)26-6-10-41(11-7-26)32(44)30(20-23-18-25-21-36-38-31(25)28(35)19-23)47-34(46)42-12-8-27(9-13-42)43-22-24-4-2-3-5-29(24)37-33(43)45/h2-5,18-19,21,26-27,30H,6-17,20,22H2,1H3,(H,36,38)(H,37,45)/t30-/m1/s1. The molecule has 1 atom stereocenters. The number of anilines is 1. The Hall–Kier alpha value is -3.87. The highest BCUT2D eigenvalue weighted by atomic mass is 35.5. The number of aromatic amines is 1. The number of likely N-dealkylation sites (tertiary alicyclic amines) is 2. The number of hydrogen-bond acceptors (Lipinski definition) is 7. The molecule has 3 aromatic rings. The molecule has 13 heteroatoms. The molecule has 0 radical (unpaired) electrons. The largest absolute Gasteiger partial charge is 0.436 e. The van der Waals surface area contributed by atoms with Gasteiger partial charge in [-0.3, -0.25) is 14.8 Å². The van der Waals surface area contributed by atoms with Crippen LogP contribution in [0.25, 0.3) is 10.9 Å². The number of urea groups is 1. The zero-order valence-electron chi connectivity index (χ0n) is 26.9. The number of halogens is 1. The lowest BCUT2D eigenvalue weighted by Gasteiger charge is -2.42. The molecule has 2 aromatic carbocycles. The molecule has 12 nitrogen and oxygen atoms in total. The minimum Gasteiger partial charge on any atom is -0.436 e. The fourth-order valence-corrected chi connectivity index (χ4v) is 7.79. The van der Waals surface area contributed by atoms with E-state index in [0.29, 0.717) is 56.6 Å². The van der Waals surface area contributed by atoms with Gasteiger partial charge in [-0.05, 0) is 62.1 Å². The molecule has 0 bridgehead atoms. The molecule has 0 saturated carbocycles. The van der Waals surface area contributed by atoms with Crippen LogP contribution in [0.15, 0.2) is 42.6 Å². The second-order valence-electron chi connectivity index (χ2n) is 13.3. The molecule has 47 heavy (non-hydrogen) atoms. The summed E-state index contributed by atoms with van der Waals surface area (Å²) in [5.74, 6) is -0.169. The predicted molar refractivity (Wildman–Crippen MR) is 179 cm³/mol. The molecule has 0 spiro atoms. The lowest BCUT2D eigenvalue weighted by Crippen LogP contribution is -2.55. The van der Waals surface area contributed by atoms with Crippen molar-refractivity contribution in [1.82, 2.24) is 34.7 Å². The summed E-state index contributed by atoms with van der Waals surface area (Å²) in [5, 5.41) is 11.3. The van der Waals surface area contributed by atoms with Gasteiger partial charge < -0.3 is 29.7 Å². The number of para-hydroxylation sites is 1. The molecule has 250 valence electrons. The molecule has 3 saturated heterocycles. The summed E-state index contributed by atoms with van der Waals surface area (Å²) in [7, 11) is 2.16. The van der Waals surface area contributed by atoms with Gasteiger partial charge in [0.2, 0.25) is 0 Å². The normalized spacial score (nSPS) is 21.1. The van der Waals surface area contributed by atoms with E-state index in [-0.39, 0.29) is 24.4 Å². The minimum atomic E-state index is -0.981. The smallest absolute Gasteiger partial charge is 0.410 e. The Morgan fingerprint density at radius 1 is 0.957 bits per heavy atom. The van der Waals surface area contributed by atoms with Crippen LogP contribution >= 0.6 is 11.6 Å². The molecule has 1 aromatic heterocycles.